The van der Waals surface area contributed by atoms with Gasteiger partial charge in [0.2, 0.25) is 0 Å². The van der Waals surface area contributed by atoms with Crippen molar-refractivity contribution in [2.24, 2.45) is 5.73 Å². The Labute approximate surface area is 133 Å². The van der Waals surface area contributed by atoms with Gasteiger partial charge in [-0.05, 0) is 37.6 Å². The average molecular weight is 328 g/mol. The summed E-state index contributed by atoms with van der Waals surface area (Å²) in [6, 6.07) is 9.65. The lowest BCUT2D eigenvalue weighted by Crippen LogP contribution is -2.18. The lowest BCUT2D eigenvalue weighted by atomic mass is 10.1. The van der Waals surface area contributed by atoms with Crippen molar-refractivity contribution < 1.29 is 9.13 Å². The monoisotopic (exact) mass is 327 g/mol. The molecule has 0 aliphatic heterocycles. The third-order valence-electron chi connectivity index (χ3n) is 3.00. The lowest BCUT2D eigenvalue weighted by Gasteiger charge is -2.15. The van der Waals surface area contributed by atoms with Crippen molar-refractivity contribution in [2.75, 3.05) is 0 Å². The number of hydrogen-bond donors (Lipinski definition) is 1. The molecule has 0 aliphatic carbocycles. The van der Waals surface area contributed by atoms with Gasteiger partial charge in [0.25, 0.3) is 0 Å². The molecule has 112 valence electrons. The van der Waals surface area contributed by atoms with Crippen LogP contribution in [-0.2, 0) is 13.0 Å². The maximum atomic E-state index is 13.0. The highest BCUT2D eigenvalue weighted by molar-refractivity contribution is 6.31. The first-order valence-electron chi connectivity index (χ1n) is 6.57. The Bertz CT molecular complexity index is 632. The molecule has 0 bridgehead atoms. The summed E-state index contributed by atoms with van der Waals surface area (Å²) in [5.41, 5.74) is 7.41. The molecule has 0 saturated carbocycles. The van der Waals surface area contributed by atoms with E-state index in [4.69, 9.17) is 33.7 Å². The van der Waals surface area contributed by atoms with E-state index in [1.807, 2.05) is 19.1 Å². The van der Waals surface area contributed by atoms with E-state index in [9.17, 15) is 4.39 Å². The van der Waals surface area contributed by atoms with Crippen LogP contribution in [-0.4, -0.2) is 6.04 Å². The molecule has 0 aromatic heterocycles. The molecule has 2 nitrogen and oxygen atoms in total. The van der Waals surface area contributed by atoms with E-state index in [1.54, 1.807) is 12.1 Å². The highest BCUT2D eigenvalue weighted by Crippen LogP contribution is 2.29. The summed E-state index contributed by atoms with van der Waals surface area (Å²) in [6.07, 6.45) is 0.617. The van der Waals surface area contributed by atoms with Gasteiger partial charge in [0.05, 0.1) is 5.02 Å². The van der Waals surface area contributed by atoms with Gasteiger partial charge in [-0.15, -0.1) is 0 Å². The first-order valence-corrected chi connectivity index (χ1v) is 7.32. The van der Waals surface area contributed by atoms with Gasteiger partial charge >= 0.3 is 0 Å². The summed E-state index contributed by atoms with van der Waals surface area (Å²) in [5.74, 6) is 0.296. The Morgan fingerprint density at radius 3 is 2.62 bits per heavy atom. The molecule has 0 radical (unpaired) electrons. The van der Waals surface area contributed by atoms with Crippen molar-refractivity contribution in [1.82, 2.24) is 0 Å². The molecule has 0 saturated heterocycles. The third kappa shape index (κ3) is 4.34. The quantitative estimate of drug-likeness (QED) is 0.870. The Morgan fingerprint density at radius 2 is 1.95 bits per heavy atom. The zero-order chi connectivity index (χ0) is 15.4. The fourth-order valence-electron chi connectivity index (χ4n) is 1.99. The highest BCUT2D eigenvalue weighted by atomic mass is 35.5. The number of halogens is 3. The van der Waals surface area contributed by atoms with E-state index in [1.165, 1.54) is 12.1 Å². The largest absolute Gasteiger partial charge is 0.489 e. The van der Waals surface area contributed by atoms with Crippen LogP contribution < -0.4 is 10.5 Å². The molecule has 0 fully saturated rings. The third-order valence-corrected chi connectivity index (χ3v) is 3.71. The molecular formula is C16H16Cl2FNO. The maximum absolute atomic E-state index is 13.0. The number of hydrogen-bond acceptors (Lipinski definition) is 2. The first-order chi connectivity index (χ1) is 9.97. The van der Waals surface area contributed by atoms with Gasteiger partial charge in [0.1, 0.15) is 18.2 Å². The minimum atomic E-state index is -0.371. The van der Waals surface area contributed by atoms with Crippen LogP contribution in [0.15, 0.2) is 36.4 Å². The topological polar surface area (TPSA) is 35.2 Å². The molecule has 0 spiro atoms. The van der Waals surface area contributed by atoms with Crippen LogP contribution in [0.2, 0.25) is 10.0 Å². The fourth-order valence-corrected chi connectivity index (χ4v) is 2.45. The van der Waals surface area contributed by atoms with Crippen LogP contribution in [0.1, 0.15) is 18.1 Å². The second-order valence-electron chi connectivity index (χ2n) is 4.92. The molecule has 0 heterocycles. The summed E-state index contributed by atoms with van der Waals surface area (Å²) >= 11 is 12.2. The molecule has 5 heteroatoms. The van der Waals surface area contributed by atoms with E-state index in [0.717, 1.165) is 5.56 Å². The summed E-state index contributed by atoms with van der Waals surface area (Å²) in [7, 11) is 0. The average Bonchev–Trinajstić information content (AvgIpc) is 2.40. The number of benzene rings is 2. The van der Waals surface area contributed by atoms with Gasteiger partial charge in [-0.1, -0.05) is 35.3 Å². The predicted octanol–water partition coefficient (Wildman–Crippen LogP) is 4.60. The van der Waals surface area contributed by atoms with Crippen LogP contribution in [0.4, 0.5) is 4.39 Å². The maximum Gasteiger partial charge on any atom is 0.124 e. The van der Waals surface area contributed by atoms with E-state index in [-0.39, 0.29) is 18.5 Å². The molecule has 2 aromatic rings. The van der Waals surface area contributed by atoms with Crippen molar-refractivity contribution in [1.29, 1.82) is 0 Å². The molecule has 2 aromatic carbocycles. The van der Waals surface area contributed by atoms with Crippen LogP contribution in [0.5, 0.6) is 5.75 Å². The fraction of sp³-hybridized carbons (Fsp3) is 0.250. The molecule has 21 heavy (non-hydrogen) atoms. The standard InChI is InChI=1S/C16H16Cl2FNO/c1-10(20)7-13-14(17)3-2-4-16(13)21-9-11-5-6-12(19)8-15(11)18/h2-6,8,10H,7,9,20H2,1H3. The van der Waals surface area contributed by atoms with Crippen molar-refractivity contribution in [3.05, 3.63) is 63.4 Å². The normalized spacial score (nSPS) is 12.2. The first kappa shape index (κ1) is 16.1. The Hall–Kier alpha value is -1.29. The van der Waals surface area contributed by atoms with Crippen LogP contribution >= 0.6 is 23.2 Å². The van der Waals surface area contributed by atoms with Gasteiger partial charge < -0.3 is 10.5 Å². The molecule has 2 N–H and O–H groups in total. The van der Waals surface area contributed by atoms with Crippen molar-refractivity contribution in [3.63, 3.8) is 0 Å². The molecule has 1 atom stereocenters. The van der Waals surface area contributed by atoms with Crippen molar-refractivity contribution >= 4 is 23.2 Å². The molecular weight excluding hydrogens is 312 g/mol. The second-order valence-corrected chi connectivity index (χ2v) is 5.74. The Balaban J connectivity index is 2.18. The van der Waals surface area contributed by atoms with Gasteiger partial charge in [-0.25, -0.2) is 4.39 Å². The van der Waals surface area contributed by atoms with Crippen LogP contribution in [0.25, 0.3) is 0 Å². The predicted molar refractivity (Wildman–Crippen MR) is 84.5 cm³/mol. The van der Waals surface area contributed by atoms with Crippen LogP contribution in [0.3, 0.4) is 0 Å². The SMILES string of the molecule is CC(N)Cc1c(Cl)cccc1OCc1ccc(F)cc1Cl. The smallest absolute Gasteiger partial charge is 0.124 e. The lowest BCUT2D eigenvalue weighted by molar-refractivity contribution is 0.302. The molecule has 0 amide bonds. The zero-order valence-electron chi connectivity index (χ0n) is 11.6. The van der Waals surface area contributed by atoms with Crippen molar-refractivity contribution in [3.8, 4) is 5.75 Å². The minimum absolute atomic E-state index is 0.0262. The minimum Gasteiger partial charge on any atom is -0.489 e. The molecule has 1 unspecified atom stereocenters. The summed E-state index contributed by atoms with van der Waals surface area (Å²) in [6.45, 7) is 2.15. The number of rotatable bonds is 5. The summed E-state index contributed by atoms with van der Waals surface area (Å²) in [4.78, 5) is 0. The van der Waals surface area contributed by atoms with Gasteiger partial charge in [0.15, 0.2) is 0 Å². The van der Waals surface area contributed by atoms with Gasteiger partial charge in [-0.2, -0.15) is 0 Å². The van der Waals surface area contributed by atoms with E-state index >= 15 is 0 Å². The summed E-state index contributed by atoms with van der Waals surface area (Å²) < 4.78 is 18.8. The van der Waals surface area contributed by atoms with E-state index < -0.39 is 0 Å². The molecule has 2 rings (SSSR count). The highest BCUT2D eigenvalue weighted by Gasteiger charge is 2.11. The van der Waals surface area contributed by atoms with Crippen molar-refractivity contribution in [2.45, 2.75) is 26.0 Å². The van der Waals surface area contributed by atoms with Crippen LogP contribution in [0, 0.1) is 5.82 Å². The Morgan fingerprint density at radius 1 is 1.19 bits per heavy atom. The van der Waals surface area contributed by atoms with Gasteiger partial charge in [0, 0.05) is 22.2 Å². The van der Waals surface area contributed by atoms with E-state index in [0.29, 0.717) is 27.8 Å². The van der Waals surface area contributed by atoms with Gasteiger partial charge in [-0.3, -0.25) is 0 Å². The zero-order valence-corrected chi connectivity index (χ0v) is 13.1. The summed E-state index contributed by atoms with van der Waals surface area (Å²) in [5, 5.41) is 0.959. The van der Waals surface area contributed by atoms with E-state index in [2.05, 4.69) is 0 Å². The number of ether oxygens (including phenoxy) is 1. The number of nitrogens with two attached hydrogens (primary N) is 1. The molecule has 0 aliphatic rings. The second kappa shape index (κ2) is 7.12. The Kier molecular flexibility index (Phi) is 5.45.